The SMILES string of the molecule is Clc1ccc(-c2ccc(-c3ccc4[nH]c(N5CCOCC5)nc4c3)nc2)cc1. The molecule has 1 N–H and O–H groups in total. The molecule has 3 heterocycles. The topological polar surface area (TPSA) is 54.0 Å². The van der Waals surface area contributed by atoms with Gasteiger partial charge in [0.05, 0.1) is 29.9 Å². The van der Waals surface area contributed by atoms with Gasteiger partial charge in [-0.3, -0.25) is 4.98 Å². The lowest BCUT2D eigenvalue weighted by atomic mass is 10.1. The van der Waals surface area contributed by atoms with Crippen LogP contribution in [0.3, 0.4) is 0 Å². The van der Waals surface area contributed by atoms with Gasteiger partial charge in [-0.05, 0) is 35.9 Å². The van der Waals surface area contributed by atoms with Crippen molar-refractivity contribution in [3.8, 4) is 22.4 Å². The summed E-state index contributed by atoms with van der Waals surface area (Å²) in [6, 6.07) is 18.1. The third-order valence-electron chi connectivity index (χ3n) is 5.02. The van der Waals surface area contributed by atoms with E-state index in [0.29, 0.717) is 0 Å². The Kier molecular flexibility index (Phi) is 4.47. The van der Waals surface area contributed by atoms with E-state index in [0.717, 1.165) is 70.7 Å². The van der Waals surface area contributed by atoms with Crippen molar-refractivity contribution in [3.05, 3.63) is 65.8 Å². The molecule has 2 aromatic heterocycles. The Balaban J connectivity index is 1.43. The van der Waals surface area contributed by atoms with Crippen LogP contribution in [0.1, 0.15) is 0 Å². The molecule has 2 aromatic carbocycles. The van der Waals surface area contributed by atoms with Crippen LogP contribution in [0.25, 0.3) is 33.4 Å². The van der Waals surface area contributed by atoms with Gasteiger partial charge in [-0.1, -0.05) is 35.9 Å². The molecule has 6 heteroatoms. The number of nitrogens with zero attached hydrogens (tertiary/aromatic N) is 3. The molecule has 0 saturated carbocycles. The van der Waals surface area contributed by atoms with Gasteiger partial charge in [-0.2, -0.15) is 0 Å². The zero-order chi connectivity index (χ0) is 18.9. The van der Waals surface area contributed by atoms with E-state index in [9.17, 15) is 0 Å². The number of pyridine rings is 1. The van der Waals surface area contributed by atoms with Gasteiger partial charge in [0.25, 0.3) is 0 Å². The molecule has 5 rings (SSSR count). The first-order valence-corrected chi connectivity index (χ1v) is 9.69. The van der Waals surface area contributed by atoms with Crippen molar-refractivity contribution in [2.24, 2.45) is 0 Å². The van der Waals surface area contributed by atoms with Crippen molar-refractivity contribution < 1.29 is 4.74 Å². The summed E-state index contributed by atoms with van der Waals surface area (Å²) in [7, 11) is 0. The van der Waals surface area contributed by atoms with Crippen LogP contribution in [0.15, 0.2) is 60.8 Å². The molecule has 1 fully saturated rings. The number of fused-ring (bicyclic) bond motifs is 1. The maximum Gasteiger partial charge on any atom is 0.203 e. The summed E-state index contributed by atoms with van der Waals surface area (Å²) in [5, 5.41) is 0.733. The van der Waals surface area contributed by atoms with Gasteiger partial charge in [0.15, 0.2) is 0 Å². The fourth-order valence-corrected chi connectivity index (χ4v) is 3.58. The predicted octanol–water partition coefficient (Wildman–Crippen LogP) is 4.78. The number of hydrogen-bond acceptors (Lipinski definition) is 4. The fraction of sp³-hybridized carbons (Fsp3) is 0.182. The number of aromatic amines is 1. The first-order valence-electron chi connectivity index (χ1n) is 9.31. The number of hydrogen-bond donors (Lipinski definition) is 1. The van der Waals surface area contributed by atoms with Gasteiger partial charge in [-0.25, -0.2) is 4.98 Å². The monoisotopic (exact) mass is 390 g/mol. The molecule has 0 unspecified atom stereocenters. The average molecular weight is 391 g/mol. The number of anilines is 1. The summed E-state index contributed by atoms with van der Waals surface area (Å²) in [6.07, 6.45) is 1.90. The van der Waals surface area contributed by atoms with E-state index >= 15 is 0 Å². The summed E-state index contributed by atoms with van der Waals surface area (Å²) in [6.45, 7) is 3.21. The van der Waals surface area contributed by atoms with Gasteiger partial charge in [-0.15, -0.1) is 0 Å². The lowest BCUT2D eigenvalue weighted by molar-refractivity contribution is 0.122. The van der Waals surface area contributed by atoms with Crippen LogP contribution in [0.4, 0.5) is 5.95 Å². The lowest BCUT2D eigenvalue weighted by Gasteiger charge is -2.26. The Labute approximate surface area is 168 Å². The van der Waals surface area contributed by atoms with E-state index in [2.05, 4.69) is 39.1 Å². The second kappa shape index (κ2) is 7.26. The first kappa shape index (κ1) is 17.2. The minimum atomic E-state index is 0.733. The van der Waals surface area contributed by atoms with Crippen molar-refractivity contribution in [1.82, 2.24) is 15.0 Å². The second-order valence-corrected chi connectivity index (χ2v) is 7.27. The minimum Gasteiger partial charge on any atom is -0.378 e. The molecule has 1 aliphatic heterocycles. The van der Waals surface area contributed by atoms with Crippen LogP contribution in [-0.2, 0) is 4.74 Å². The van der Waals surface area contributed by atoms with Crippen LogP contribution < -0.4 is 4.90 Å². The number of halogens is 1. The smallest absolute Gasteiger partial charge is 0.203 e. The van der Waals surface area contributed by atoms with Crippen LogP contribution in [0.2, 0.25) is 5.02 Å². The largest absolute Gasteiger partial charge is 0.378 e. The van der Waals surface area contributed by atoms with Crippen LogP contribution in [0.5, 0.6) is 0 Å². The van der Waals surface area contributed by atoms with Crippen molar-refractivity contribution in [2.45, 2.75) is 0 Å². The summed E-state index contributed by atoms with van der Waals surface area (Å²) < 4.78 is 5.42. The van der Waals surface area contributed by atoms with E-state index < -0.39 is 0 Å². The van der Waals surface area contributed by atoms with Crippen LogP contribution in [-0.4, -0.2) is 41.3 Å². The molecular weight excluding hydrogens is 372 g/mol. The zero-order valence-corrected chi connectivity index (χ0v) is 16.0. The minimum absolute atomic E-state index is 0.733. The van der Waals surface area contributed by atoms with Gasteiger partial charge in [0.1, 0.15) is 0 Å². The number of ether oxygens (including phenoxy) is 1. The van der Waals surface area contributed by atoms with E-state index in [1.54, 1.807) is 0 Å². The Morgan fingerprint density at radius 3 is 2.39 bits per heavy atom. The molecule has 28 heavy (non-hydrogen) atoms. The maximum absolute atomic E-state index is 5.97. The number of nitrogens with one attached hydrogen (secondary N) is 1. The highest BCUT2D eigenvalue weighted by atomic mass is 35.5. The van der Waals surface area contributed by atoms with Crippen molar-refractivity contribution >= 4 is 28.6 Å². The first-order chi connectivity index (χ1) is 13.8. The highest BCUT2D eigenvalue weighted by molar-refractivity contribution is 6.30. The summed E-state index contributed by atoms with van der Waals surface area (Å²) in [5.41, 5.74) is 6.12. The van der Waals surface area contributed by atoms with E-state index in [4.69, 9.17) is 21.3 Å². The molecular formula is C22H19ClN4O. The van der Waals surface area contributed by atoms with E-state index in [-0.39, 0.29) is 0 Å². The molecule has 140 valence electrons. The molecule has 0 amide bonds. The van der Waals surface area contributed by atoms with Crippen molar-refractivity contribution in [3.63, 3.8) is 0 Å². The molecule has 0 atom stereocenters. The highest BCUT2D eigenvalue weighted by Crippen LogP contribution is 2.27. The van der Waals surface area contributed by atoms with Gasteiger partial charge >= 0.3 is 0 Å². The predicted molar refractivity (Wildman–Crippen MR) is 113 cm³/mol. The number of benzene rings is 2. The number of rotatable bonds is 3. The summed E-state index contributed by atoms with van der Waals surface area (Å²) in [5.74, 6) is 0.904. The Hall–Kier alpha value is -2.89. The summed E-state index contributed by atoms with van der Waals surface area (Å²) in [4.78, 5) is 15.1. The average Bonchev–Trinajstić information content (AvgIpc) is 3.19. The van der Waals surface area contributed by atoms with Gasteiger partial charge in [0, 0.05) is 35.4 Å². The van der Waals surface area contributed by atoms with Gasteiger partial charge in [0.2, 0.25) is 5.95 Å². The van der Waals surface area contributed by atoms with E-state index in [1.165, 1.54) is 0 Å². The van der Waals surface area contributed by atoms with Gasteiger partial charge < -0.3 is 14.6 Å². The number of aromatic nitrogens is 3. The highest BCUT2D eigenvalue weighted by Gasteiger charge is 2.15. The molecule has 0 radical (unpaired) electrons. The molecule has 1 aliphatic rings. The number of imidazole rings is 1. The zero-order valence-electron chi connectivity index (χ0n) is 15.2. The molecule has 0 spiro atoms. The maximum atomic E-state index is 5.97. The third-order valence-corrected chi connectivity index (χ3v) is 5.27. The number of morpholine rings is 1. The molecule has 1 saturated heterocycles. The van der Waals surface area contributed by atoms with E-state index in [1.807, 2.05) is 36.5 Å². The standard InChI is InChI=1S/C22H19ClN4O/c23-18-5-1-15(2-6-18)17-4-7-19(24-14-17)16-3-8-20-21(13-16)26-22(25-20)27-9-11-28-12-10-27/h1-8,13-14H,9-12H2,(H,25,26). The molecule has 5 nitrogen and oxygen atoms in total. The molecule has 4 aromatic rings. The van der Waals surface area contributed by atoms with Crippen LogP contribution in [0, 0.1) is 0 Å². The Morgan fingerprint density at radius 1 is 0.893 bits per heavy atom. The summed E-state index contributed by atoms with van der Waals surface area (Å²) >= 11 is 5.97. The second-order valence-electron chi connectivity index (χ2n) is 6.83. The number of H-pyrrole nitrogens is 1. The van der Waals surface area contributed by atoms with Crippen LogP contribution >= 0.6 is 11.6 Å². The van der Waals surface area contributed by atoms with Crippen molar-refractivity contribution in [2.75, 3.05) is 31.2 Å². The fourth-order valence-electron chi connectivity index (χ4n) is 3.45. The normalized spacial score (nSPS) is 14.5. The Bertz CT molecular complexity index is 1100. The lowest BCUT2D eigenvalue weighted by Crippen LogP contribution is -2.36. The molecule has 0 bridgehead atoms. The third kappa shape index (κ3) is 3.35. The van der Waals surface area contributed by atoms with Crippen molar-refractivity contribution in [1.29, 1.82) is 0 Å². The quantitative estimate of drug-likeness (QED) is 0.547. The molecule has 0 aliphatic carbocycles. The Morgan fingerprint density at radius 2 is 1.64 bits per heavy atom.